The maximum atomic E-state index is 12.9. The molecule has 0 atom stereocenters. The van der Waals surface area contributed by atoms with Crippen molar-refractivity contribution < 1.29 is 8.42 Å². The Morgan fingerprint density at radius 2 is 1.95 bits per heavy atom. The van der Waals surface area contributed by atoms with E-state index in [1.165, 1.54) is 16.9 Å². The maximum Gasteiger partial charge on any atom is 0.260 e. The largest absolute Gasteiger partial charge is 0.329 e. The van der Waals surface area contributed by atoms with Gasteiger partial charge in [-0.15, -0.1) is 0 Å². The molecule has 0 aliphatic rings. The molecule has 1 aromatic rings. The zero-order chi connectivity index (χ0) is 15.4. The molecule has 2 N–H and O–H groups in total. The zero-order valence-corrected chi connectivity index (χ0v) is 13.7. The zero-order valence-electron chi connectivity index (χ0n) is 12.8. The lowest BCUT2D eigenvalue weighted by molar-refractivity contribution is 0.177. The molecule has 0 radical (unpaired) electrons. The lowest BCUT2D eigenvalue weighted by Crippen LogP contribution is -2.56. The fourth-order valence-corrected chi connectivity index (χ4v) is 4.64. The van der Waals surface area contributed by atoms with Crippen molar-refractivity contribution in [3.8, 4) is 0 Å². The smallest absolute Gasteiger partial charge is 0.260 e. The second-order valence-electron chi connectivity index (χ2n) is 5.01. The molecule has 0 bridgehead atoms. The van der Waals surface area contributed by atoms with Crippen LogP contribution in [0, 0.1) is 0 Å². The highest BCUT2D eigenvalue weighted by Crippen LogP contribution is 2.29. The topological polar surface area (TPSA) is 81.2 Å². The van der Waals surface area contributed by atoms with Crippen molar-refractivity contribution in [3.05, 3.63) is 12.3 Å². The number of nitrogens with zero attached hydrogens (tertiary/aromatic N) is 3. The van der Waals surface area contributed by atoms with E-state index in [-0.39, 0.29) is 5.03 Å². The van der Waals surface area contributed by atoms with Crippen molar-refractivity contribution in [2.75, 3.05) is 13.1 Å². The summed E-state index contributed by atoms with van der Waals surface area (Å²) >= 11 is 0. The van der Waals surface area contributed by atoms with Crippen molar-refractivity contribution in [1.29, 1.82) is 0 Å². The molecule has 7 heteroatoms. The maximum absolute atomic E-state index is 12.9. The second kappa shape index (κ2) is 6.69. The van der Waals surface area contributed by atoms with Crippen LogP contribution >= 0.6 is 0 Å². The van der Waals surface area contributed by atoms with Gasteiger partial charge in [-0.2, -0.15) is 9.40 Å². The van der Waals surface area contributed by atoms with Gasteiger partial charge in [-0.1, -0.05) is 20.8 Å². The predicted molar refractivity (Wildman–Crippen MR) is 79.8 cm³/mol. The Hall–Kier alpha value is -0.920. The van der Waals surface area contributed by atoms with Crippen molar-refractivity contribution >= 4 is 10.0 Å². The summed E-state index contributed by atoms with van der Waals surface area (Å²) in [6.07, 6.45) is 3.63. The van der Waals surface area contributed by atoms with E-state index in [0.717, 1.165) is 6.42 Å². The monoisotopic (exact) mass is 302 g/mol. The first-order valence-corrected chi connectivity index (χ1v) is 8.54. The van der Waals surface area contributed by atoms with E-state index >= 15 is 0 Å². The van der Waals surface area contributed by atoms with Crippen LogP contribution in [0.25, 0.3) is 0 Å². The molecule has 6 nitrogen and oxygen atoms in total. The minimum absolute atomic E-state index is 0.214. The van der Waals surface area contributed by atoms with Crippen molar-refractivity contribution in [2.24, 2.45) is 12.8 Å². The predicted octanol–water partition coefficient (Wildman–Crippen LogP) is 1.34. The molecule has 0 saturated heterocycles. The summed E-state index contributed by atoms with van der Waals surface area (Å²) in [5.74, 6) is 0. The molecule has 1 heterocycles. The Kier molecular flexibility index (Phi) is 5.73. The van der Waals surface area contributed by atoms with Crippen LogP contribution in [0.3, 0.4) is 0 Å². The third-order valence-electron chi connectivity index (χ3n) is 3.98. The average Bonchev–Trinajstić information content (AvgIpc) is 2.87. The number of hydrogen-bond acceptors (Lipinski definition) is 4. The molecule has 0 aliphatic carbocycles. The number of aromatic nitrogens is 2. The third kappa shape index (κ3) is 2.89. The molecule has 1 rings (SSSR count). The van der Waals surface area contributed by atoms with Gasteiger partial charge >= 0.3 is 0 Å². The second-order valence-corrected chi connectivity index (χ2v) is 6.81. The van der Waals surface area contributed by atoms with Gasteiger partial charge in [0.25, 0.3) is 10.0 Å². The molecule has 20 heavy (non-hydrogen) atoms. The number of nitrogens with two attached hydrogens (primary N) is 1. The minimum Gasteiger partial charge on any atom is -0.329 e. The molecule has 0 aromatic carbocycles. The molecule has 0 amide bonds. The van der Waals surface area contributed by atoms with E-state index in [1.54, 1.807) is 11.4 Å². The summed E-state index contributed by atoms with van der Waals surface area (Å²) in [7, 11) is -1.95. The van der Waals surface area contributed by atoms with E-state index in [2.05, 4.69) is 5.10 Å². The van der Waals surface area contributed by atoms with Gasteiger partial charge in [0, 0.05) is 25.7 Å². The Morgan fingerprint density at radius 1 is 1.35 bits per heavy atom. The van der Waals surface area contributed by atoms with Gasteiger partial charge in [-0.25, -0.2) is 8.42 Å². The van der Waals surface area contributed by atoms with Crippen LogP contribution in [0.15, 0.2) is 17.3 Å². The SMILES string of the molecule is CCCN(C(CC)(CC)CN)S(=O)(=O)c1ccnn1C. The lowest BCUT2D eigenvalue weighted by atomic mass is 9.93. The molecule has 0 unspecified atom stereocenters. The minimum atomic E-state index is -3.59. The van der Waals surface area contributed by atoms with Gasteiger partial charge in [0.2, 0.25) is 0 Å². The van der Waals surface area contributed by atoms with Crippen LogP contribution in [0.4, 0.5) is 0 Å². The highest BCUT2D eigenvalue weighted by molar-refractivity contribution is 7.89. The normalized spacial score (nSPS) is 13.1. The fraction of sp³-hybridized carbons (Fsp3) is 0.769. The van der Waals surface area contributed by atoms with Crippen LogP contribution in [0.1, 0.15) is 40.0 Å². The van der Waals surface area contributed by atoms with E-state index in [0.29, 0.717) is 25.9 Å². The highest BCUT2D eigenvalue weighted by atomic mass is 32.2. The average molecular weight is 302 g/mol. The van der Waals surface area contributed by atoms with Crippen LogP contribution in [0.2, 0.25) is 0 Å². The van der Waals surface area contributed by atoms with E-state index in [1.807, 2.05) is 20.8 Å². The van der Waals surface area contributed by atoms with Gasteiger partial charge in [0.1, 0.15) is 0 Å². The van der Waals surface area contributed by atoms with Crippen LogP contribution < -0.4 is 5.73 Å². The lowest BCUT2D eigenvalue weighted by Gasteiger charge is -2.41. The standard InChI is InChI=1S/C13H26N4O2S/c1-5-10-17(13(6-2,7-3)11-14)20(18,19)12-8-9-15-16(12)4/h8-9H,5-7,10-11,14H2,1-4H3. The molecule has 0 spiro atoms. The molecular weight excluding hydrogens is 276 g/mol. The molecular formula is C13H26N4O2S. The summed E-state index contributed by atoms with van der Waals surface area (Å²) in [6, 6.07) is 1.53. The molecule has 0 fully saturated rings. The van der Waals surface area contributed by atoms with Gasteiger partial charge in [-0.3, -0.25) is 4.68 Å². The number of aryl methyl sites for hydroxylation is 1. The van der Waals surface area contributed by atoms with Gasteiger partial charge < -0.3 is 5.73 Å². The summed E-state index contributed by atoms with van der Waals surface area (Å²) in [4.78, 5) is 0. The number of hydrogen-bond donors (Lipinski definition) is 1. The van der Waals surface area contributed by atoms with Gasteiger partial charge in [0.15, 0.2) is 5.03 Å². The summed E-state index contributed by atoms with van der Waals surface area (Å²) in [6.45, 7) is 6.72. The van der Waals surface area contributed by atoms with E-state index in [4.69, 9.17) is 5.73 Å². The van der Waals surface area contributed by atoms with Crippen LogP contribution in [-0.2, 0) is 17.1 Å². The number of sulfonamides is 1. The summed E-state index contributed by atoms with van der Waals surface area (Å²) in [5, 5.41) is 4.18. The highest BCUT2D eigenvalue weighted by Gasteiger charge is 2.41. The van der Waals surface area contributed by atoms with Crippen molar-refractivity contribution in [2.45, 2.75) is 50.6 Å². The van der Waals surface area contributed by atoms with Crippen LogP contribution in [-0.4, -0.2) is 41.1 Å². The van der Waals surface area contributed by atoms with E-state index < -0.39 is 15.6 Å². The third-order valence-corrected chi connectivity index (χ3v) is 6.06. The Bertz CT molecular complexity index is 512. The first kappa shape index (κ1) is 17.1. The summed E-state index contributed by atoms with van der Waals surface area (Å²) < 4.78 is 28.8. The molecule has 0 saturated carbocycles. The summed E-state index contributed by atoms with van der Waals surface area (Å²) in [5.41, 5.74) is 5.39. The van der Waals surface area contributed by atoms with Crippen molar-refractivity contribution in [3.63, 3.8) is 0 Å². The fourth-order valence-electron chi connectivity index (χ4n) is 2.54. The van der Waals surface area contributed by atoms with Crippen LogP contribution in [0.5, 0.6) is 0 Å². The quantitative estimate of drug-likeness (QED) is 0.785. The Morgan fingerprint density at radius 3 is 2.30 bits per heavy atom. The molecule has 0 aliphatic heterocycles. The van der Waals surface area contributed by atoms with Gasteiger partial charge in [-0.05, 0) is 25.3 Å². The first-order valence-electron chi connectivity index (χ1n) is 7.10. The Labute approximate surface area is 122 Å². The van der Waals surface area contributed by atoms with Crippen molar-refractivity contribution in [1.82, 2.24) is 14.1 Å². The first-order chi connectivity index (χ1) is 9.39. The van der Waals surface area contributed by atoms with E-state index in [9.17, 15) is 8.42 Å². The van der Waals surface area contributed by atoms with Gasteiger partial charge in [0.05, 0.1) is 6.20 Å². The number of rotatable bonds is 8. The molecule has 116 valence electrons. The molecule has 1 aromatic heterocycles. The Balaban J connectivity index is 3.36.